The molecule has 2 aliphatic rings. The Morgan fingerprint density at radius 2 is 2.20 bits per heavy atom. The van der Waals surface area contributed by atoms with Gasteiger partial charge in [-0.2, -0.15) is 5.26 Å². The number of aryl methyl sites for hydroxylation is 2. The highest BCUT2D eigenvalue weighted by atomic mass is 15.1. The normalized spacial score (nSPS) is 22.6. The molecule has 0 saturated heterocycles. The second kappa shape index (κ2) is 3.10. The summed E-state index contributed by atoms with van der Waals surface area (Å²) >= 11 is 0. The van der Waals surface area contributed by atoms with Crippen LogP contribution in [0.3, 0.4) is 0 Å². The summed E-state index contributed by atoms with van der Waals surface area (Å²) < 4.78 is 2.25. The molecule has 0 radical (unpaired) electrons. The van der Waals surface area contributed by atoms with E-state index in [4.69, 9.17) is 0 Å². The highest BCUT2D eigenvalue weighted by molar-refractivity contribution is 5.29. The summed E-state index contributed by atoms with van der Waals surface area (Å²) in [6, 6.07) is 2.46. The number of nitriles is 1. The molecule has 0 unspecified atom stereocenters. The van der Waals surface area contributed by atoms with E-state index >= 15 is 0 Å². The molecule has 0 spiro atoms. The van der Waals surface area contributed by atoms with Crippen LogP contribution in [0.2, 0.25) is 0 Å². The van der Waals surface area contributed by atoms with Crippen molar-refractivity contribution >= 4 is 0 Å². The highest BCUT2D eigenvalue weighted by Crippen LogP contribution is 2.42. The minimum Gasteiger partial charge on any atom is -0.335 e. The van der Waals surface area contributed by atoms with Gasteiger partial charge in [-0.15, -0.1) is 0 Å². The van der Waals surface area contributed by atoms with Gasteiger partial charge in [0, 0.05) is 19.2 Å². The fourth-order valence-electron chi connectivity index (χ4n) is 2.60. The maximum absolute atomic E-state index is 9.25. The minimum absolute atomic E-state index is 0.232. The summed E-state index contributed by atoms with van der Waals surface area (Å²) in [5.74, 6) is 1.19. The fourth-order valence-corrected chi connectivity index (χ4v) is 2.60. The maximum atomic E-state index is 9.25. The van der Waals surface area contributed by atoms with E-state index in [1.54, 1.807) is 0 Å². The Morgan fingerprint density at radius 3 is 2.80 bits per heavy atom. The third-order valence-corrected chi connectivity index (χ3v) is 3.82. The molecule has 0 atom stereocenters. The van der Waals surface area contributed by atoms with Crippen molar-refractivity contribution in [2.45, 2.75) is 50.5 Å². The number of nitrogens with zero attached hydrogens (tertiary/aromatic N) is 3. The van der Waals surface area contributed by atoms with E-state index in [1.165, 1.54) is 25.1 Å². The van der Waals surface area contributed by atoms with Crippen molar-refractivity contribution in [1.29, 1.82) is 5.26 Å². The van der Waals surface area contributed by atoms with Crippen molar-refractivity contribution in [1.82, 2.24) is 9.55 Å². The van der Waals surface area contributed by atoms with Gasteiger partial charge in [0.15, 0.2) is 0 Å². The molecule has 1 aliphatic carbocycles. The van der Waals surface area contributed by atoms with E-state index in [9.17, 15) is 5.26 Å². The minimum atomic E-state index is -0.232. The molecule has 1 saturated carbocycles. The molecule has 3 heteroatoms. The topological polar surface area (TPSA) is 41.6 Å². The van der Waals surface area contributed by atoms with Crippen molar-refractivity contribution in [2.24, 2.45) is 0 Å². The first-order valence-corrected chi connectivity index (χ1v) is 5.82. The van der Waals surface area contributed by atoms with Gasteiger partial charge in [0.1, 0.15) is 11.2 Å². The first-order chi connectivity index (χ1) is 7.34. The third kappa shape index (κ3) is 1.21. The van der Waals surface area contributed by atoms with Crippen LogP contribution in [0, 0.1) is 11.3 Å². The Morgan fingerprint density at radius 1 is 1.33 bits per heavy atom. The maximum Gasteiger partial charge on any atom is 0.109 e. The zero-order chi connectivity index (χ0) is 10.3. The van der Waals surface area contributed by atoms with Gasteiger partial charge in [0.25, 0.3) is 0 Å². The molecule has 15 heavy (non-hydrogen) atoms. The van der Waals surface area contributed by atoms with Crippen LogP contribution in [0.1, 0.15) is 43.6 Å². The zero-order valence-electron chi connectivity index (χ0n) is 8.87. The summed E-state index contributed by atoms with van der Waals surface area (Å²) in [6.07, 6.45) is 8.88. The zero-order valence-corrected chi connectivity index (χ0v) is 8.87. The van der Waals surface area contributed by atoms with E-state index in [0.717, 1.165) is 31.5 Å². The van der Waals surface area contributed by atoms with Crippen LogP contribution in [-0.4, -0.2) is 9.55 Å². The van der Waals surface area contributed by atoms with Crippen molar-refractivity contribution in [2.75, 3.05) is 0 Å². The van der Waals surface area contributed by atoms with Crippen molar-refractivity contribution in [3.05, 3.63) is 17.7 Å². The Bertz CT molecular complexity index is 397. The smallest absolute Gasteiger partial charge is 0.109 e. The monoisotopic (exact) mass is 201 g/mol. The Balaban J connectivity index is 1.99. The van der Waals surface area contributed by atoms with Gasteiger partial charge in [-0.05, 0) is 32.1 Å². The van der Waals surface area contributed by atoms with Crippen molar-refractivity contribution in [3.8, 4) is 6.07 Å². The Kier molecular flexibility index (Phi) is 1.85. The summed E-state index contributed by atoms with van der Waals surface area (Å²) in [5, 5.41) is 9.25. The molecule has 0 aromatic carbocycles. The van der Waals surface area contributed by atoms with Crippen LogP contribution >= 0.6 is 0 Å². The summed E-state index contributed by atoms with van der Waals surface area (Å²) in [5.41, 5.74) is 0.804. The molecular weight excluding hydrogens is 186 g/mol. The first kappa shape index (κ1) is 8.96. The molecule has 1 aromatic rings. The third-order valence-electron chi connectivity index (χ3n) is 3.82. The lowest BCUT2D eigenvalue weighted by atomic mass is 9.68. The molecule has 0 N–H and O–H groups in total. The van der Waals surface area contributed by atoms with Gasteiger partial charge >= 0.3 is 0 Å². The van der Waals surface area contributed by atoms with E-state index < -0.39 is 0 Å². The lowest BCUT2D eigenvalue weighted by Crippen LogP contribution is -2.32. The standard InChI is InChI=1S/C12H15N3/c13-9-12(5-3-6-12)10-8-15-7-2-1-4-11(15)14-10/h8H,1-7H2. The molecule has 3 rings (SSSR count). The van der Waals surface area contributed by atoms with Gasteiger partial charge in [-0.25, -0.2) is 4.98 Å². The summed E-state index contributed by atoms with van der Waals surface area (Å²) in [7, 11) is 0. The Hall–Kier alpha value is -1.30. The lowest BCUT2D eigenvalue weighted by molar-refractivity contribution is 0.316. The predicted molar refractivity (Wildman–Crippen MR) is 56.3 cm³/mol. The quantitative estimate of drug-likeness (QED) is 0.698. The van der Waals surface area contributed by atoms with Crippen LogP contribution < -0.4 is 0 Å². The first-order valence-electron chi connectivity index (χ1n) is 5.82. The van der Waals surface area contributed by atoms with Gasteiger partial charge in [-0.1, -0.05) is 0 Å². The van der Waals surface area contributed by atoms with Crippen molar-refractivity contribution in [3.63, 3.8) is 0 Å². The average Bonchev–Trinajstić information content (AvgIpc) is 2.60. The van der Waals surface area contributed by atoms with Crippen LogP contribution in [0.5, 0.6) is 0 Å². The van der Waals surface area contributed by atoms with Crippen LogP contribution in [-0.2, 0) is 18.4 Å². The van der Waals surface area contributed by atoms with E-state index in [-0.39, 0.29) is 5.41 Å². The molecule has 1 aliphatic heterocycles. The van der Waals surface area contributed by atoms with Gasteiger partial charge in [0.2, 0.25) is 0 Å². The number of hydrogen-bond donors (Lipinski definition) is 0. The van der Waals surface area contributed by atoms with E-state index in [2.05, 4.69) is 21.8 Å². The van der Waals surface area contributed by atoms with Gasteiger partial charge < -0.3 is 4.57 Å². The SMILES string of the molecule is N#CC1(c2cn3c(n2)CCCC3)CCC1. The molecule has 1 fully saturated rings. The van der Waals surface area contributed by atoms with Crippen LogP contribution in [0.4, 0.5) is 0 Å². The molecule has 78 valence electrons. The van der Waals surface area contributed by atoms with Crippen molar-refractivity contribution < 1.29 is 0 Å². The number of fused-ring (bicyclic) bond motifs is 1. The lowest BCUT2D eigenvalue weighted by Gasteiger charge is -2.33. The summed E-state index contributed by atoms with van der Waals surface area (Å²) in [4.78, 5) is 4.66. The molecular formula is C12H15N3. The number of hydrogen-bond acceptors (Lipinski definition) is 2. The highest BCUT2D eigenvalue weighted by Gasteiger charge is 2.41. The fraction of sp³-hybridized carbons (Fsp3) is 0.667. The Labute approximate surface area is 89.7 Å². The molecule has 0 bridgehead atoms. The largest absolute Gasteiger partial charge is 0.335 e. The van der Waals surface area contributed by atoms with Gasteiger partial charge in [-0.3, -0.25) is 0 Å². The van der Waals surface area contributed by atoms with Crippen LogP contribution in [0.25, 0.3) is 0 Å². The van der Waals surface area contributed by atoms with Crippen LogP contribution in [0.15, 0.2) is 6.20 Å². The van der Waals surface area contributed by atoms with Gasteiger partial charge in [0.05, 0.1) is 11.8 Å². The molecule has 0 amide bonds. The summed E-state index contributed by atoms with van der Waals surface area (Å²) in [6.45, 7) is 1.09. The number of rotatable bonds is 1. The second-order valence-electron chi connectivity index (χ2n) is 4.74. The average molecular weight is 201 g/mol. The molecule has 1 aromatic heterocycles. The predicted octanol–water partition coefficient (Wildman–Crippen LogP) is 2.16. The van der Waals surface area contributed by atoms with E-state index in [1.807, 2.05) is 0 Å². The second-order valence-corrected chi connectivity index (χ2v) is 4.74. The molecule has 3 nitrogen and oxygen atoms in total. The van der Waals surface area contributed by atoms with E-state index in [0.29, 0.717) is 0 Å². The molecule has 2 heterocycles. The number of aromatic nitrogens is 2. The number of imidazole rings is 1.